The number of amides is 1. The van der Waals surface area contributed by atoms with Gasteiger partial charge in [-0.25, -0.2) is 13.8 Å². The Balaban J connectivity index is 1.70. The molecule has 3 aromatic rings. The van der Waals surface area contributed by atoms with Crippen molar-refractivity contribution in [2.75, 3.05) is 17.7 Å². The maximum Gasteiger partial charge on any atom is 0.263 e. The highest BCUT2D eigenvalue weighted by atomic mass is 32.2. The van der Waals surface area contributed by atoms with Crippen molar-refractivity contribution >= 4 is 27.8 Å². The predicted molar refractivity (Wildman–Crippen MR) is 128 cm³/mol. The minimum absolute atomic E-state index is 0.333. The van der Waals surface area contributed by atoms with Gasteiger partial charge in [-0.15, -0.1) is 0 Å². The van der Waals surface area contributed by atoms with Gasteiger partial charge >= 0.3 is 0 Å². The van der Waals surface area contributed by atoms with E-state index in [0.29, 0.717) is 22.9 Å². The molecule has 0 heterocycles. The van der Waals surface area contributed by atoms with Crippen molar-refractivity contribution in [3.63, 3.8) is 0 Å². The number of carbonyl (C=O) groups is 1. The summed E-state index contributed by atoms with van der Waals surface area (Å²) in [6.45, 7) is 1.49. The van der Waals surface area contributed by atoms with Crippen molar-refractivity contribution in [3.05, 3.63) is 84.4 Å². The van der Waals surface area contributed by atoms with E-state index in [-0.39, 0.29) is 0 Å². The van der Waals surface area contributed by atoms with Gasteiger partial charge in [0.1, 0.15) is 23.3 Å². The average molecular weight is 468 g/mol. The van der Waals surface area contributed by atoms with Gasteiger partial charge in [-0.2, -0.15) is 5.10 Å². The Labute approximate surface area is 193 Å². The minimum Gasteiger partial charge on any atom is -0.497 e. The van der Waals surface area contributed by atoms with Crippen molar-refractivity contribution in [1.82, 2.24) is 5.43 Å². The van der Waals surface area contributed by atoms with Crippen LogP contribution in [0.15, 0.2) is 84.0 Å². The van der Waals surface area contributed by atoms with Crippen molar-refractivity contribution in [3.8, 4) is 17.2 Å². The predicted octanol–water partition coefficient (Wildman–Crippen LogP) is 3.79. The molecular weight excluding hydrogens is 442 g/mol. The third-order valence-corrected chi connectivity index (χ3v) is 5.90. The lowest BCUT2D eigenvalue weighted by Crippen LogP contribution is -2.46. The Morgan fingerprint density at radius 3 is 2.09 bits per heavy atom. The minimum atomic E-state index is -3.75. The number of hydrogen-bond donors (Lipinski definition) is 1. The van der Waals surface area contributed by atoms with E-state index in [4.69, 9.17) is 9.47 Å². The lowest BCUT2D eigenvalue weighted by molar-refractivity contribution is -0.121. The molecule has 3 rings (SSSR count). The molecule has 0 saturated heterocycles. The summed E-state index contributed by atoms with van der Waals surface area (Å²) in [5.41, 5.74) is 3.48. The second-order valence-electron chi connectivity index (χ2n) is 7.15. The average Bonchev–Trinajstić information content (AvgIpc) is 2.80. The van der Waals surface area contributed by atoms with Crippen LogP contribution < -0.4 is 19.2 Å². The number of hydrogen-bond acceptors (Lipinski definition) is 6. The number of anilines is 1. The summed E-state index contributed by atoms with van der Waals surface area (Å²) in [5.74, 6) is 1.33. The quantitative estimate of drug-likeness (QED) is 0.381. The topological polar surface area (TPSA) is 97.3 Å². The fourth-order valence-corrected chi connectivity index (χ4v) is 4.22. The van der Waals surface area contributed by atoms with Crippen LogP contribution >= 0.6 is 0 Å². The van der Waals surface area contributed by atoms with Crippen LogP contribution in [0.25, 0.3) is 0 Å². The standard InChI is InChI=1S/C24H25N3O5S/c1-18(24(28)26-25-17-19-9-13-21(31-2)14-10-19)27(33(3,29)30)20-11-15-23(16-12-20)32-22-7-5-4-6-8-22/h4-18H,1-3H3,(H,26,28)/b25-17-/t18-/m1/s1. The molecular formula is C24H25N3O5S. The molecule has 1 N–H and O–H groups in total. The van der Waals surface area contributed by atoms with Crippen LogP contribution in [0.5, 0.6) is 17.2 Å². The number of hydrazone groups is 1. The Morgan fingerprint density at radius 2 is 1.52 bits per heavy atom. The SMILES string of the molecule is COc1ccc(/C=N\NC(=O)[C@@H](C)N(c2ccc(Oc3ccccc3)cc2)S(C)(=O)=O)cc1. The van der Waals surface area contributed by atoms with Gasteiger partial charge in [0.15, 0.2) is 0 Å². The molecule has 1 amide bonds. The summed E-state index contributed by atoms with van der Waals surface area (Å²) in [4.78, 5) is 12.6. The van der Waals surface area contributed by atoms with Crippen molar-refractivity contribution in [2.24, 2.45) is 5.10 Å². The maximum atomic E-state index is 12.6. The molecule has 8 nitrogen and oxygen atoms in total. The van der Waals surface area contributed by atoms with Crippen LogP contribution in [-0.4, -0.2) is 39.9 Å². The van der Waals surface area contributed by atoms with E-state index in [0.717, 1.165) is 16.1 Å². The summed E-state index contributed by atoms with van der Waals surface area (Å²) >= 11 is 0. The summed E-state index contributed by atoms with van der Waals surface area (Å²) < 4.78 is 36.8. The van der Waals surface area contributed by atoms with E-state index in [1.165, 1.54) is 13.1 Å². The summed E-state index contributed by atoms with van der Waals surface area (Å²) in [6, 6.07) is 21.7. The Kier molecular flexibility index (Phi) is 7.68. The third-order valence-electron chi connectivity index (χ3n) is 4.66. The molecule has 1 atom stereocenters. The molecule has 0 saturated carbocycles. The molecule has 0 unspecified atom stereocenters. The summed E-state index contributed by atoms with van der Waals surface area (Å²) in [6.07, 6.45) is 2.51. The first-order valence-corrected chi connectivity index (χ1v) is 11.9. The first-order valence-electron chi connectivity index (χ1n) is 10.1. The molecule has 33 heavy (non-hydrogen) atoms. The van der Waals surface area contributed by atoms with E-state index in [1.54, 1.807) is 55.6 Å². The van der Waals surface area contributed by atoms with Gasteiger partial charge in [-0.05, 0) is 73.2 Å². The second-order valence-corrected chi connectivity index (χ2v) is 9.01. The monoisotopic (exact) mass is 467 g/mol. The van der Waals surface area contributed by atoms with Crippen LogP contribution in [-0.2, 0) is 14.8 Å². The highest BCUT2D eigenvalue weighted by molar-refractivity contribution is 7.92. The van der Waals surface area contributed by atoms with Crippen LogP contribution in [0, 0.1) is 0 Å². The number of rotatable bonds is 9. The molecule has 9 heteroatoms. The smallest absolute Gasteiger partial charge is 0.263 e. The number of sulfonamides is 1. The van der Waals surface area contributed by atoms with Gasteiger partial charge in [0.05, 0.1) is 25.3 Å². The van der Waals surface area contributed by atoms with E-state index < -0.39 is 22.0 Å². The zero-order chi connectivity index (χ0) is 23.8. The number of benzene rings is 3. The van der Waals surface area contributed by atoms with Gasteiger partial charge in [0.2, 0.25) is 10.0 Å². The normalized spacial score (nSPS) is 12.2. The van der Waals surface area contributed by atoms with Crippen molar-refractivity contribution < 1.29 is 22.7 Å². The Bertz CT molecular complexity index is 1200. The lowest BCUT2D eigenvalue weighted by Gasteiger charge is -2.27. The number of carbonyl (C=O) groups excluding carboxylic acids is 1. The molecule has 0 aliphatic rings. The zero-order valence-electron chi connectivity index (χ0n) is 18.5. The zero-order valence-corrected chi connectivity index (χ0v) is 19.3. The largest absolute Gasteiger partial charge is 0.497 e. The number of nitrogens with one attached hydrogen (secondary N) is 1. The number of methoxy groups -OCH3 is 1. The van der Waals surface area contributed by atoms with Crippen LogP contribution in [0.4, 0.5) is 5.69 Å². The van der Waals surface area contributed by atoms with Crippen LogP contribution in [0.3, 0.4) is 0 Å². The van der Waals surface area contributed by atoms with Gasteiger partial charge in [0.25, 0.3) is 5.91 Å². The number of nitrogens with zero attached hydrogens (tertiary/aromatic N) is 2. The lowest BCUT2D eigenvalue weighted by atomic mass is 10.2. The first-order chi connectivity index (χ1) is 15.8. The third kappa shape index (κ3) is 6.56. The maximum absolute atomic E-state index is 12.6. The highest BCUT2D eigenvalue weighted by Gasteiger charge is 2.29. The number of ether oxygens (including phenoxy) is 2. The molecule has 0 aromatic heterocycles. The van der Waals surface area contributed by atoms with Gasteiger partial charge < -0.3 is 9.47 Å². The number of para-hydroxylation sites is 1. The fourth-order valence-electron chi connectivity index (χ4n) is 3.05. The van der Waals surface area contributed by atoms with Crippen molar-refractivity contribution in [1.29, 1.82) is 0 Å². The second kappa shape index (κ2) is 10.6. The van der Waals surface area contributed by atoms with Crippen molar-refractivity contribution in [2.45, 2.75) is 13.0 Å². The molecule has 0 aliphatic carbocycles. The molecule has 0 aliphatic heterocycles. The van der Waals surface area contributed by atoms with Gasteiger partial charge in [0, 0.05) is 0 Å². The molecule has 3 aromatic carbocycles. The van der Waals surface area contributed by atoms with E-state index >= 15 is 0 Å². The van der Waals surface area contributed by atoms with Gasteiger partial charge in [-0.3, -0.25) is 9.10 Å². The van der Waals surface area contributed by atoms with Gasteiger partial charge in [-0.1, -0.05) is 18.2 Å². The van der Waals surface area contributed by atoms with E-state index in [9.17, 15) is 13.2 Å². The fraction of sp³-hybridized carbons (Fsp3) is 0.167. The molecule has 0 radical (unpaired) electrons. The molecule has 0 spiro atoms. The first kappa shape index (κ1) is 23.8. The van der Waals surface area contributed by atoms with E-state index in [1.807, 2.05) is 30.3 Å². The highest BCUT2D eigenvalue weighted by Crippen LogP contribution is 2.26. The summed E-state index contributed by atoms with van der Waals surface area (Å²) in [7, 11) is -2.18. The van der Waals surface area contributed by atoms with Crippen LogP contribution in [0.1, 0.15) is 12.5 Å². The molecule has 0 fully saturated rings. The van der Waals surface area contributed by atoms with E-state index in [2.05, 4.69) is 10.5 Å². The summed E-state index contributed by atoms with van der Waals surface area (Å²) in [5, 5.41) is 3.93. The molecule has 0 bridgehead atoms. The van der Waals surface area contributed by atoms with Crippen LogP contribution in [0.2, 0.25) is 0 Å². The Hall–Kier alpha value is -3.85. The Morgan fingerprint density at radius 1 is 0.939 bits per heavy atom. The molecule has 172 valence electrons.